The molecule has 0 aromatic carbocycles. The maximum absolute atomic E-state index is 9.03. The minimum absolute atomic E-state index is 0.0502. The van der Waals surface area contributed by atoms with E-state index < -0.39 is 0 Å². The van der Waals surface area contributed by atoms with E-state index in [-0.39, 0.29) is 12.0 Å². The normalized spacial score (nSPS) is 11.7. The van der Waals surface area contributed by atoms with Gasteiger partial charge in [0, 0.05) is 17.8 Å². The Bertz CT molecular complexity index is 258. The molecule has 0 saturated heterocycles. The summed E-state index contributed by atoms with van der Waals surface area (Å²) < 4.78 is 0.847. The first-order valence-electron chi connectivity index (χ1n) is 3.65. The van der Waals surface area contributed by atoms with Gasteiger partial charge in [-0.15, -0.1) is 0 Å². The summed E-state index contributed by atoms with van der Waals surface area (Å²) >= 11 is 3.25. The summed E-state index contributed by atoms with van der Waals surface area (Å²) in [5.74, 6) is 0.660. The van der Waals surface area contributed by atoms with Crippen LogP contribution in [0.25, 0.3) is 0 Å². The van der Waals surface area contributed by atoms with E-state index >= 15 is 0 Å². The zero-order chi connectivity index (χ0) is 9.19. The van der Waals surface area contributed by atoms with Crippen molar-refractivity contribution in [2.24, 2.45) is 0 Å². The third-order valence-corrected chi connectivity index (χ3v) is 2.03. The second-order valence-corrected chi connectivity index (χ2v) is 4.18. The van der Waals surface area contributed by atoms with Crippen LogP contribution in [0.5, 0.6) is 0 Å². The van der Waals surface area contributed by atoms with Crippen molar-refractivity contribution in [1.82, 2.24) is 9.97 Å². The van der Waals surface area contributed by atoms with Gasteiger partial charge in [0.25, 0.3) is 0 Å². The molecule has 12 heavy (non-hydrogen) atoms. The molecule has 1 aromatic heterocycles. The van der Waals surface area contributed by atoms with E-state index in [1.807, 2.05) is 13.8 Å². The van der Waals surface area contributed by atoms with Crippen LogP contribution in [0.1, 0.15) is 19.7 Å². The van der Waals surface area contributed by atoms with Gasteiger partial charge in [-0.05, 0) is 15.9 Å². The summed E-state index contributed by atoms with van der Waals surface area (Å²) in [6.45, 7) is 3.85. The Kier molecular flexibility index (Phi) is 2.80. The van der Waals surface area contributed by atoms with Gasteiger partial charge in [-0.3, -0.25) is 0 Å². The van der Waals surface area contributed by atoms with Crippen LogP contribution in [-0.2, 0) is 5.41 Å². The van der Waals surface area contributed by atoms with Crippen molar-refractivity contribution in [2.45, 2.75) is 19.3 Å². The molecule has 1 aromatic rings. The number of halogens is 1. The largest absolute Gasteiger partial charge is 0.395 e. The fourth-order valence-corrected chi connectivity index (χ4v) is 0.937. The Balaban J connectivity index is 2.96. The van der Waals surface area contributed by atoms with Crippen molar-refractivity contribution >= 4 is 15.9 Å². The molecule has 0 amide bonds. The lowest BCUT2D eigenvalue weighted by Gasteiger charge is -2.18. The Hall–Kier alpha value is -0.480. The van der Waals surface area contributed by atoms with E-state index in [9.17, 15) is 0 Å². The fourth-order valence-electron chi connectivity index (χ4n) is 0.732. The van der Waals surface area contributed by atoms with Gasteiger partial charge >= 0.3 is 0 Å². The highest BCUT2D eigenvalue weighted by molar-refractivity contribution is 9.10. The lowest BCUT2D eigenvalue weighted by molar-refractivity contribution is 0.211. The third-order valence-electron chi connectivity index (χ3n) is 1.62. The lowest BCUT2D eigenvalue weighted by atomic mass is 9.94. The quantitative estimate of drug-likeness (QED) is 0.839. The van der Waals surface area contributed by atoms with Gasteiger partial charge < -0.3 is 5.11 Å². The molecular formula is C8H11BrN2O. The standard InChI is InChI=1S/C8H11BrN2O/c1-8(2,5-12)7-10-3-6(9)4-11-7/h3-4,12H,5H2,1-2H3. The second kappa shape index (κ2) is 3.49. The van der Waals surface area contributed by atoms with Crippen LogP contribution in [0, 0.1) is 0 Å². The lowest BCUT2D eigenvalue weighted by Crippen LogP contribution is -2.24. The molecule has 1 heterocycles. The van der Waals surface area contributed by atoms with Crippen molar-refractivity contribution in [1.29, 1.82) is 0 Å². The molecule has 0 fully saturated rings. The van der Waals surface area contributed by atoms with Crippen molar-refractivity contribution in [3.05, 3.63) is 22.7 Å². The van der Waals surface area contributed by atoms with E-state index in [1.54, 1.807) is 12.4 Å². The molecule has 0 bridgehead atoms. The van der Waals surface area contributed by atoms with Crippen molar-refractivity contribution in [3.63, 3.8) is 0 Å². The molecule has 0 atom stereocenters. The van der Waals surface area contributed by atoms with Gasteiger partial charge in [0.15, 0.2) is 0 Å². The monoisotopic (exact) mass is 230 g/mol. The summed E-state index contributed by atoms with van der Waals surface area (Å²) in [6.07, 6.45) is 3.36. The Morgan fingerprint density at radius 3 is 2.33 bits per heavy atom. The van der Waals surface area contributed by atoms with Gasteiger partial charge in [0.2, 0.25) is 0 Å². The molecule has 3 nitrogen and oxygen atoms in total. The maximum atomic E-state index is 9.03. The number of rotatable bonds is 2. The summed E-state index contributed by atoms with van der Waals surface area (Å²) in [5.41, 5.74) is -0.360. The van der Waals surface area contributed by atoms with Crippen LogP contribution < -0.4 is 0 Å². The predicted molar refractivity (Wildman–Crippen MR) is 49.8 cm³/mol. The van der Waals surface area contributed by atoms with Gasteiger partial charge in [0.05, 0.1) is 11.1 Å². The average Bonchev–Trinajstić information content (AvgIpc) is 2.05. The Morgan fingerprint density at radius 2 is 1.92 bits per heavy atom. The van der Waals surface area contributed by atoms with Gasteiger partial charge in [0.1, 0.15) is 5.82 Å². The highest BCUT2D eigenvalue weighted by Crippen LogP contribution is 2.18. The summed E-state index contributed by atoms with van der Waals surface area (Å²) in [5, 5.41) is 9.03. The molecule has 0 spiro atoms. The summed E-state index contributed by atoms with van der Waals surface area (Å²) in [7, 11) is 0. The molecule has 0 radical (unpaired) electrons. The average molecular weight is 231 g/mol. The Labute approximate surface area is 80.0 Å². The minimum Gasteiger partial charge on any atom is -0.395 e. The number of nitrogens with zero attached hydrogens (tertiary/aromatic N) is 2. The molecular weight excluding hydrogens is 220 g/mol. The second-order valence-electron chi connectivity index (χ2n) is 3.27. The topological polar surface area (TPSA) is 46.0 Å². The number of aromatic nitrogens is 2. The SMILES string of the molecule is CC(C)(CO)c1ncc(Br)cn1. The van der Waals surface area contributed by atoms with E-state index in [2.05, 4.69) is 25.9 Å². The molecule has 0 unspecified atom stereocenters. The van der Waals surface area contributed by atoms with Crippen LogP contribution in [0.3, 0.4) is 0 Å². The third kappa shape index (κ3) is 2.01. The van der Waals surface area contributed by atoms with Crippen LogP contribution in [0.2, 0.25) is 0 Å². The van der Waals surface area contributed by atoms with Crippen LogP contribution in [-0.4, -0.2) is 21.7 Å². The molecule has 0 aliphatic rings. The highest BCUT2D eigenvalue weighted by Gasteiger charge is 2.22. The summed E-state index contributed by atoms with van der Waals surface area (Å²) in [4.78, 5) is 8.21. The summed E-state index contributed by atoms with van der Waals surface area (Å²) in [6, 6.07) is 0. The zero-order valence-electron chi connectivity index (χ0n) is 7.08. The van der Waals surface area contributed by atoms with E-state index in [4.69, 9.17) is 5.11 Å². The number of aliphatic hydroxyl groups is 1. The van der Waals surface area contributed by atoms with Crippen LogP contribution >= 0.6 is 15.9 Å². The van der Waals surface area contributed by atoms with Crippen LogP contribution in [0.15, 0.2) is 16.9 Å². The molecule has 1 rings (SSSR count). The van der Waals surface area contributed by atoms with Crippen LogP contribution in [0.4, 0.5) is 0 Å². The number of hydrogen-bond acceptors (Lipinski definition) is 3. The van der Waals surface area contributed by atoms with E-state index in [1.165, 1.54) is 0 Å². The Morgan fingerprint density at radius 1 is 1.42 bits per heavy atom. The number of aliphatic hydroxyl groups excluding tert-OH is 1. The molecule has 0 aliphatic heterocycles. The molecule has 4 heteroatoms. The molecule has 0 aliphatic carbocycles. The van der Waals surface area contributed by atoms with E-state index in [0.717, 1.165) is 4.47 Å². The zero-order valence-corrected chi connectivity index (χ0v) is 8.67. The highest BCUT2D eigenvalue weighted by atomic mass is 79.9. The van der Waals surface area contributed by atoms with Gasteiger partial charge in [-0.2, -0.15) is 0 Å². The van der Waals surface area contributed by atoms with Crippen molar-refractivity contribution in [2.75, 3.05) is 6.61 Å². The van der Waals surface area contributed by atoms with Crippen molar-refractivity contribution in [3.8, 4) is 0 Å². The predicted octanol–water partition coefficient (Wildman–Crippen LogP) is 1.51. The molecule has 1 N–H and O–H groups in total. The first-order chi connectivity index (χ1) is 5.56. The molecule has 0 saturated carbocycles. The first-order valence-corrected chi connectivity index (χ1v) is 4.44. The minimum atomic E-state index is -0.360. The first kappa shape index (κ1) is 9.61. The molecule has 66 valence electrons. The fraction of sp³-hybridized carbons (Fsp3) is 0.500. The smallest absolute Gasteiger partial charge is 0.136 e. The maximum Gasteiger partial charge on any atom is 0.136 e. The number of hydrogen-bond donors (Lipinski definition) is 1. The van der Waals surface area contributed by atoms with Gasteiger partial charge in [-0.25, -0.2) is 9.97 Å². The van der Waals surface area contributed by atoms with Gasteiger partial charge in [-0.1, -0.05) is 13.8 Å². The van der Waals surface area contributed by atoms with E-state index in [0.29, 0.717) is 5.82 Å². The van der Waals surface area contributed by atoms with Crippen molar-refractivity contribution < 1.29 is 5.11 Å².